The molecule has 2 saturated heterocycles. The smallest absolute Gasteiger partial charge is 0.147 e. The third-order valence-electron chi connectivity index (χ3n) is 2.94. The van der Waals surface area contributed by atoms with Crippen LogP contribution in [-0.2, 0) is 0 Å². The van der Waals surface area contributed by atoms with Crippen LogP contribution in [-0.4, -0.2) is 33.6 Å². The van der Waals surface area contributed by atoms with Crippen molar-refractivity contribution in [3.8, 4) is 0 Å². The van der Waals surface area contributed by atoms with Gasteiger partial charge in [-0.25, -0.2) is 4.98 Å². The molecule has 2 bridgehead atoms. The van der Waals surface area contributed by atoms with E-state index >= 15 is 0 Å². The number of fused-ring (bicyclic) bond motifs is 2. The van der Waals surface area contributed by atoms with E-state index in [-0.39, 0.29) is 0 Å². The molecule has 0 N–H and O–H groups in total. The third-order valence-corrected chi connectivity index (χ3v) is 4.33. The van der Waals surface area contributed by atoms with Crippen molar-refractivity contribution < 1.29 is 0 Å². The first-order chi connectivity index (χ1) is 6.83. The first kappa shape index (κ1) is 8.53. The Kier molecular flexibility index (Phi) is 1.90. The number of aryl methyl sites for hydroxylation is 1. The van der Waals surface area contributed by atoms with Crippen molar-refractivity contribution in [3.05, 3.63) is 18.1 Å². The first-order valence-corrected chi connectivity index (χ1v) is 6.05. The maximum atomic E-state index is 4.53. The van der Waals surface area contributed by atoms with Crippen LogP contribution in [0, 0.1) is 6.92 Å². The van der Waals surface area contributed by atoms with Crippen molar-refractivity contribution in [2.45, 2.75) is 24.6 Å². The number of nitrogens with zero attached hydrogens (tertiary/aromatic N) is 3. The number of anilines is 1. The molecule has 0 radical (unpaired) electrons. The van der Waals surface area contributed by atoms with E-state index in [4.69, 9.17) is 0 Å². The second-order valence-electron chi connectivity index (χ2n) is 4.02. The molecule has 1 aromatic rings. The van der Waals surface area contributed by atoms with E-state index in [1.807, 2.05) is 19.3 Å². The molecule has 0 saturated carbocycles. The number of hydrogen-bond acceptors (Lipinski definition) is 4. The number of rotatable bonds is 1. The molecule has 2 aliphatic rings. The molecule has 2 unspecified atom stereocenters. The van der Waals surface area contributed by atoms with Gasteiger partial charge in [-0.05, 0) is 13.3 Å². The molecule has 0 aliphatic carbocycles. The van der Waals surface area contributed by atoms with Gasteiger partial charge in [0.25, 0.3) is 0 Å². The largest absolute Gasteiger partial charge is 0.350 e. The molecule has 2 atom stereocenters. The maximum absolute atomic E-state index is 4.53. The predicted molar refractivity (Wildman–Crippen MR) is 58.8 cm³/mol. The fourth-order valence-electron chi connectivity index (χ4n) is 2.27. The molecule has 3 nitrogen and oxygen atoms in total. The van der Waals surface area contributed by atoms with E-state index in [1.54, 1.807) is 0 Å². The van der Waals surface area contributed by atoms with E-state index in [1.165, 1.54) is 12.2 Å². The fraction of sp³-hybridized carbons (Fsp3) is 0.600. The summed E-state index contributed by atoms with van der Waals surface area (Å²) in [7, 11) is 0. The van der Waals surface area contributed by atoms with Crippen LogP contribution in [0.1, 0.15) is 12.1 Å². The molecular weight excluding hydrogens is 194 g/mol. The maximum Gasteiger partial charge on any atom is 0.147 e. The van der Waals surface area contributed by atoms with E-state index in [2.05, 4.69) is 26.6 Å². The van der Waals surface area contributed by atoms with Gasteiger partial charge in [0, 0.05) is 29.8 Å². The fourth-order valence-corrected chi connectivity index (χ4v) is 3.70. The minimum absolute atomic E-state index is 0.709. The van der Waals surface area contributed by atoms with Gasteiger partial charge >= 0.3 is 0 Å². The molecule has 2 aliphatic heterocycles. The zero-order valence-electron chi connectivity index (χ0n) is 8.18. The summed E-state index contributed by atoms with van der Waals surface area (Å²) in [6.45, 7) is 3.16. The van der Waals surface area contributed by atoms with Gasteiger partial charge in [-0.2, -0.15) is 11.8 Å². The minimum Gasteiger partial charge on any atom is -0.350 e. The Morgan fingerprint density at radius 3 is 3.07 bits per heavy atom. The Balaban J connectivity index is 1.89. The summed E-state index contributed by atoms with van der Waals surface area (Å²) in [6, 6.07) is 0.709. The van der Waals surface area contributed by atoms with Crippen LogP contribution in [0.25, 0.3) is 0 Å². The SMILES string of the molecule is Cc1cncc(N2CC3CC2CS3)n1. The zero-order valence-corrected chi connectivity index (χ0v) is 9.00. The lowest BCUT2D eigenvalue weighted by atomic mass is 10.2. The lowest BCUT2D eigenvalue weighted by molar-refractivity contribution is 0.747. The molecule has 14 heavy (non-hydrogen) atoms. The Morgan fingerprint density at radius 2 is 2.43 bits per heavy atom. The molecule has 4 heteroatoms. The molecule has 74 valence electrons. The summed E-state index contributed by atoms with van der Waals surface area (Å²) < 4.78 is 0. The van der Waals surface area contributed by atoms with Crippen LogP contribution >= 0.6 is 11.8 Å². The summed E-state index contributed by atoms with van der Waals surface area (Å²) in [5.74, 6) is 2.33. The van der Waals surface area contributed by atoms with Crippen molar-refractivity contribution in [1.82, 2.24) is 9.97 Å². The predicted octanol–water partition coefficient (Wildman–Crippen LogP) is 1.48. The van der Waals surface area contributed by atoms with Crippen molar-refractivity contribution >= 4 is 17.6 Å². The summed E-state index contributed by atoms with van der Waals surface area (Å²) in [6.07, 6.45) is 5.03. The second-order valence-corrected chi connectivity index (χ2v) is 5.35. The molecular formula is C10H13N3S. The van der Waals surface area contributed by atoms with E-state index in [0.29, 0.717) is 6.04 Å². The highest BCUT2D eigenvalue weighted by molar-refractivity contribution is 8.00. The van der Waals surface area contributed by atoms with Crippen molar-refractivity contribution in [3.63, 3.8) is 0 Å². The van der Waals surface area contributed by atoms with Crippen molar-refractivity contribution in [2.75, 3.05) is 17.2 Å². The van der Waals surface area contributed by atoms with Gasteiger partial charge in [0.15, 0.2) is 0 Å². The number of thioether (sulfide) groups is 1. The standard InChI is InChI=1S/C10H13N3S/c1-7-3-11-4-10(12-7)13-5-9-2-8(13)6-14-9/h3-4,8-9H,2,5-6H2,1H3. The van der Waals surface area contributed by atoms with E-state index < -0.39 is 0 Å². The molecule has 0 spiro atoms. The summed E-state index contributed by atoms with van der Waals surface area (Å²) >= 11 is 2.10. The first-order valence-electron chi connectivity index (χ1n) is 5.00. The lowest BCUT2D eigenvalue weighted by Gasteiger charge is -2.27. The van der Waals surface area contributed by atoms with Gasteiger partial charge in [0.2, 0.25) is 0 Å². The summed E-state index contributed by atoms with van der Waals surface area (Å²) in [4.78, 5) is 11.1. The van der Waals surface area contributed by atoms with E-state index in [9.17, 15) is 0 Å². The molecule has 3 rings (SSSR count). The molecule has 0 amide bonds. The van der Waals surface area contributed by atoms with Crippen LogP contribution < -0.4 is 4.90 Å². The lowest BCUT2D eigenvalue weighted by Crippen LogP contribution is -2.34. The Labute approximate surface area is 87.9 Å². The van der Waals surface area contributed by atoms with Crippen LogP contribution in [0.4, 0.5) is 5.82 Å². The van der Waals surface area contributed by atoms with Crippen LogP contribution in [0.3, 0.4) is 0 Å². The van der Waals surface area contributed by atoms with Gasteiger partial charge in [-0.1, -0.05) is 0 Å². The molecule has 1 aromatic heterocycles. The molecule has 0 aromatic carbocycles. The van der Waals surface area contributed by atoms with E-state index in [0.717, 1.165) is 23.3 Å². The third kappa shape index (κ3) is 1.29. The summed E-state index contributed by atoms with van der Waals surface area (Å²) in [5, 5.41) is 0.835. The quantitative estimate of drug-likeness (QED) is 0.697. The topological polar surface area (TPSA) is 29.0 Å². The Morgan fingerprint density at radius 1 is 1.50 bits per heavy atom. The molecule has 3 heterocycles. The van der Waals surface area contributed by atoms with Gasteiger partial charge in [0.05, 0.1) is 11.9 Å². The highest BCUT2D eigenvalue weighted by atomic mass is 32.2. The normalized spacial score (nSPS) is 29.9. The average Bonchev–Trinajstić information content (AvgIpc) is 2.78. The average molecular weight is 207 g/mol. The van der Waals surface area contributed by atoms with Gasteiger partial charge in [-0.15, -0.1) is 0 Å². The van der Waals surface area contributed by atoms with Crippen molar-refractivity contribution in [1.29, 1.82) is 0 Å². The van der Waals surface area contributed by atoms with Gasteiger partial charge in [0.1, 0.15) is 5.82 Å². The highest BCUT2D eigenvalue weighted by Gasteiger charge is 2.39. The number of aromatic nitrogens is 2. The second kappa shape index (κ2) is 3.12. The minimum atomic E-state index is 0.709. The van der Waals surface area contributed by atoms with Crippen molar-refractivity contribution in [2.24, 2.45) is 0 Å². The monoisotopic (exact) mass is 207 g/mol. The van der Waals surface area contributed by atoms with Crippen LogP contribution in [0.2, 0.25) is 0 Å². The van der Waals surface area contributed by atoms with Gasteiger partial charge < -0.3 is 4.90 Å². The van der Waals surface area contributed by atoms with Crippen LogP contribution in [0.5, 0.6) is 0 Å². The zero-order chi connectivity index (χ0) is 9.54. The Bertz CT molecular complexity index is 355. The molecule has 2 fully saturated rings. The van der Waals surface area contributed by atoms with Crippen LogP contribution in [0.15, 0.2) is 12.4 Å². The summed E-state index contributed by atoms with van der Waals surface area (Å²) in [5.41, 5.74) is 1.01. The highest BCUT2D eigenvalue weighted by Crippen LogP contribution is 2.39. The Hall–Kier alpha value is -0.770. The number of hydrogen-bond donors (Lipinski definition) is 0. The van der Waals surface area contributed by atoms with Gasteiger partial charge in [-0.3, -0.25) is 4.98 Å².